The summed E-state index contributed by atoms with van der Waals surface area (Å²) in [4.78, 5) is 19.8. The molecule has 0 atom stereocenters. The number of hydrogen-bond donors (Lipinski definition) is 2. The number of fused-ring (bicyclic) bond motifs is 1. The van der Waals surface area contributed by atoms with Gasteiger partial charge in [0.05, 0.1) is 10.5 Å². The summed E-state index contributed by atoms with van der Waals surface area (Å²) < 4.78 is 67.4. The standard InChI is InChI=1S/C23H28ClF3N6O3S/c24-20-14-17(23(25,26)27)15-21(30-20)31-9-11-32(12-10-31)37(35,36)18-3-4-19-16(13-18)5-8-33(19)22(34)29-7-2-1-6-28/h3-4,13-15H,1-2,5-12,28H2,(H,29,34). The van der Waals surface area contributed by atoms with Crippen LogP contribution in [0.4, 0.5) is 29.5 Å². The quantitative estimate of drug-likeness (QED) is 0.398. The number of benzene rings is 1. The maximum Gasteiger partial charge on any atom is 0.416 e. The van der Waals surface area contributed by atoms with Crippen LogP contribution in [0.2, 0.25) is 5.15 Å². The lowest BCUT2D eigenvalue weighted by molar-refractivity contribution is -0.137. The van der Waals surface area contributed by atoms with Crippen molar-refractivity contribution in [2.45, 2.75) is 30.3 Å². The van der Waals surface area contributed by atoms with Crippen LogP contribution in [-0.4, -0.2) is 69.6 Å². The molecule has 1 aromatic heterocycles. The molecule has 1 aromatic carbocycles. The molecule has 0 bridgehead atoms. The van der Waals surface area contributed by atoms with Crippen molar-refractivity contribution in [3.63, 3.8) is 0 Å². The molecule has 0 spiro atoms. The number of nitrogens with two attached hydrogens (primary N) is 1. The number of pyridine rings is 1. The molecule has 202 valence electrons. The van der Waals surface area contributed by atoms with Crippen LogP contribution in [0.25, 0.3) is 0 Å². The van der Waals surface area contributed by atoms with Crippen LogP contribution in [0, 0.1) is 0 Å². The molecule has 2 aromatic rings. The van der Waals surface area contributed by atoms with Crippen LogP contribution < -0.4 is 20.9 Å². The Bertz CT molecular complexity index is 1250. The second-order valence-corrected chi connectivity index (χ2v) is 11.2. The fraction of sp³-hybridized carbons (Fsp3) is 0.478. The average molecular weight is 561 g/mol. The molecule has 0 radical (unpaired) electrons. The first-order valence-electron chi connectivity index (χ1n) is 11.9. The van der Waals surface area contributed by atoms with Gasteiger partial charge in [-0.25, -0.2) is 18.2 Å². The number of aromatic nitrogens is 1. The fourth-order valence-corrected chi connectivity index (χ4v) is 6.10. The molecule has 2 aliphatic heterocycles. The third-order valence-corrected chi connectivity index (χ3v) is 8.50. The Morgan fingerprint density at radius 3 is 2.49 bits per heavy atom. The Balaban J connectivity index is 1.42. The first-order chi connectivity index (χ1) is 17.5. The lowest BCUT2D eigenvalue weighted by atomic mass is 10.2. The minimum absolute atomic E-state index is 0.0517. The highest BCUT2D eigenvalue weighted by Crippen LogP contribution is 2.34. The van der Waals surface area contributed by atoms with Crippen molar-refractivity contribution in [1.82, 2.24) is 14.6 Å². The summed E-state index contributed by atoms with van der Waals surface area (Å²) >= 11 is 5.79. The van der Waals surface area contributed by atoms with Gasteiger partial charge in [0, 0.05) is 45.0 Å². The van der Waals surface area contributed by atoms with Crippen LogP contribution in [0.3, 0.4) is 0 Å². The summed E-state index contributed by atoms with van der Waals surface area (Å²) in [6, 6.07) is 6.15. The molecule has 9 nitrogen and oxygen atoms in total. The zero-order chi connectivity index (χ0) is 26.8. The summed E-state index contributed by atoms with van der Waals surface area (Å²) in [5.74, 6) is 0.0517. The van der Waals surface area contributed by atoms with E-state index in [1.54, 1.807) is 21.9 Å². The lowest BCUT2D eigenvalue weighted by Gasteiger charge is -2.35. The molecule has 0 aliphatic carbocycles. The van der Waals surface area contributed by atoms with E-state index in [0.29, 0.717) is 31.7 Å². The summed E-state index contributed by atoms with van der Waals surface area (Å²) in [5, 5.41) is 2.57. The number of anilines is 2. The Labute approximate surface area is 218 Å². The number of carbonyl (C=O) groups is 1. The number of hydrogen-bond acceptors (Lipinski definition) is 6. The van der Waals surface area contributed by atoms with E-state index >= 15 is 0 Å². The van der Waals surface area contributed by atoms with Gasteiger partial charge in [-0.05, 0) is 61.7 Å². The van der Waals surface area contributed by atoms with E-state index in [1.807, 2.05) is 0 Å². The van der Waals surface area contributed by atoms with Gasteiger partial charge in [0.2, 0.25) is 10.0 Å². The number of halogens is 4. The minimum atomic E-state index is -4.57. The van der Waals surface area contributed by atoms with Gasteiger partial charge in [-0.15, -0.1) is 0 Å². The SMILES string of the molecule is NCCCCNC(=O)N1CCc2cc(S(=O)(=O)N3CCN(c4cc(C(F)(F)F)cc(Cl)n4)CC3)ccc21. The number of rotatable bonds is 7. The maximum atomic E-state index is 13.3. The number of piperazine rings is 1. The van der Waals surface area contributed by atoms with Gasteiger partial charge >= 0.3 is 12.2 Å². The zero-order valence-electron chi connectivity index (χ0n) is 20.0. The Morgan fingerprint density at radius 1 is 1.08 bits per heavy atom. The average Bonchev–Trinajstić information content (AvgIpc) is 3.29. The first kappa shape index (κ1) is 27.4. The van der Waals surface area contributed by atoms with E-state index in [0.717, 1.165) is 30.5 Å². The molecule has 3 N–H and O–H groups in total. The molecule has 0 saturated carbocycles. The summed E-state index contributed by atoms with van der Waals surface area (Å²) in [6.07, 6.45) is -2.44. The number of urea groups is 1. The van der Waals surface area contributed by atoms with Crippen molar-refractivity contribution in [2.24, 2.45) is 5.73 Å². The van der Waals surface area contributed by atoms with Gasteiger partial charge in [0.25, 0.3) is 0 Å². The number of nitrogens with one attached hydrogen (secondary N) is 1. The Morgan fingerprint density at radius 2 is 1.81 bits per heavy atom. The van der Waals surface area contributed by atoms with Crippen LogP contribution >= 0.6 is 11.6 Å². The van der Waals surface area contributed by atoms with Gasteiger partial charge in [0.1, 0.15) is 11.0 Å². The number of carbonyl (C=O) groups excluding carboxylic acids is 1. The molecule has 37 heavy (non-hydrogen) atoms. The van der Waals surface area contributed by atoms with Gasteiger partial charge < -0.3 is 16.0 Å². The second-order valence-electron chi connectivity index (χ2n) is 8.85. The van der Waals surface area contributed by atoms with Gasteiger partial charge in [-0.2, -0.15) is 17.5 Å². The van der Waals surface area contributed by atoms with Crippen molar-refractivity contribution >= 4 is 39.2 Å². The van der Waals surface area contributed by atoms with Gasteiger partial charge in [-0.3, -0.25) is 4.90 Å². The van der Waals surface area contributed by atoms with Crippen molar-refractivity contribution in [3.05, 3.63) is 46.6 Å². The molecule has 2 aliphatic rings. The Kier molecular flexibility index (Phi) is 8.17. The van der Waals surface area contributed by atoms with Gasteiger partial charge in [0.15, 0.2) is 0 Å². The number of unbranched alkanes of at least 4 members (excludes halogenated alkanes) is 1. The van der Waals surface area contributed by atoms with Crippen molar-refractivity contribution < 1.29 is 26.4 Å². The summed E-state index contributed by atoms with van der Waals surface area (Å²) in [5.41, 5.74) is 6.00. The highest BCUT2D eigenvalue weighted by atomic mass is 35.5. The number of nitrogens with zero attached hydrogens (tertiary/aromatic N) is 4. The summed E-state index contributed by atoms with van der Waals surface area (Å²) in [6.45, 7) is 2.00. The molecule has 1 saturated heterocycles. The Hall–Kier alpha value is -2.61. The predicted octanol–water partition coefficient (Wildman–Crippen LogP) is 3.08. The van der Waals surface area contributed by atoms with Crippen LogP contribution in [0.1, 0.15) is 24.0 Å². The minimum Gasteiger partial charge on any atom is -0.354 e. The zero-order valence-corrected chi connectivity index (χ0v) is 21.5. The number of amides is 2. The molecular formula is C23H28ClF3N6O3S. The molecular weight excluding hydrogens is 533 g/mol. The molecule has 14 heteroatoms. The second kappa shape index (κ2) is 11.0. The topological polar surface area (TPSA) is 112 Å². The monoisotopic (exact) mass is 560 g/mol. The number of alkyl halides is 3. The lowest BCUT2D eigenvalue weighted by Crippen LogP contribution is -2.49. The fourth-order valence-electron chi connectivity index (χ4n) is 4.42. The van der Waals surface area contributed by atoms with E-state index in [1.165, 1.54) is 10.4 Å². The van der Waals surface area contributed by atoms with Crippen molar-refractivity contribution in [1.29, 1.82) is 0 Å². The smallest absolute Gasteiger partial charge is 0.354 e. The molecule has 0 unspecified atom stereocenters. The molecule has 2 amide bonds. The van der Waals surface area contributed by atoms with E-state index in [2.05, 4.69) is 10.3 Å². The highest BCUT2D eigenvalue weighted by Gasteiger charge is 2.34. The van der Waals surface area contributed by atoms with E-state index in [9.17, 15) is 26.4 Å². The van der Waals surface area contributed by atoms with E-state index in [-0.39, 0.29) is 48.1 Å². The highest BCUT2D eigenvalue weighted by molar-refractivity contribution is 7.89. The molecule has 3 heterocycles. The van der Waals surface area contributed by atoms with Crippen LogP contribution in [-0.2, 0) is 22.6 Å². The van der Waals surface area contributed by atoms with E-state index in [4.69, 9.17) is 17.3 Å². The van der Waals surface area contributed by atoms with Crippen LogP contribution in [0.15, 0.2) is 35.2 Å². The number of sulfonamides is 1. The molecule has 1 fully saturated rings. The summed E-state index contributed by atoms with van der Waals surface area (Å²) in [7, 11) is -3.84. The van der Waals surface area contributed by atoms with Crippen LogP contribution in [0.5, 0.6) is 0 Å². The largest absolute Gasteiger partial charge is 0.416 e. The third-order valence-electron chi connectivity index (χ3n) is 6.41. The first-order valence-corrected chi connectivity index (χ1v) is 13.7. The van der Waals surface area contributed by atoms with Crippen molar-refractivity contribution in [3.8, 4) is 0 Å². The maximum absolute atomic E-state index is 13.3. The van der Waals surface area contributed by atoms with Crippen molar-refractivity contribution in [2.75, 3.05) is 55.6 Å². The van der Waals surface area contributed by atoms with Gasteiger partial charge in [-0.1, -0.05) is 11.6 Å². The van der Waals surface area contributed by atoms with E-state index < -0.39 is 21.8 Å². The molecule has 4 rings (SSSR count). The third kappa shape index (κ3) is 6.11. The predicted molar refractivity (Wildman–Crippen MR) is 134 cm³/mol. The normalized spacial score (nSPS) is 16.7.